The molecular formula is C14H25N3O. The highest BCUT2D eigenvalue weighted by molar-refractivity contribution is 5.09. The number of nitrogens with zero attached hydrogens (tertiary/aromatic N) is 2. The van der Waals surface area contributed by atoms with E-state index >= 15 is 0 Å². The number of aromatic nitrogens is 2. The lowest BCUT2D eigenvalue weighted by molar-refractivity contribution is -0.0636. The lowest BCUT2D eigenvalue weighted by atomic mass is 9.91. The fourth-order valence-electron chi connectivity index (χ4n) is 3.25. The average Bonchev–Trinajstić information content (AvgIpc) is 3.01. The van der Waals surface area contributed by atoms with E-state index in [2.05, 4.69) is 28.7 Å². The third-order valence-electron chi connectivity index (χ3n) is 4.04. The van der Waals surface area contributed by atoms with E-state index in [1.165, 1.54) is 12.8 Å². The largest absolute Gasteiger partial charge is 0.373 e. The van der Waals surface area contributed by atoms with E-state index < -0.39 is 0 Å². The van der Waals surface area contributed by atoms with Crippen molar-refractivity contribution in [2.45, 2.75) is 57.7 Å². The van der Waals surface area contributed by atoms with Crippen LogP contribution in [0.3, 0.4) is 0 Å². The first-order valence-corrected chi connectivity index (χ1v) is 7.09. The number of hydrogen-bond acceptors (Lipinski definition) is 3. The summed E-state index contributed by atoms with van der Waals surface area (Å²) in [5.41, 5.74) is -0.0677. The van der Waals surface area contributed by atoms with Crippen LogP contribution in [0.2, 0.25) is 0 Å². The first-order valence-electron chi connectivity index (χ1n) is 7.09. The summed E-state index contributed by atoms with van der Waals surface area (Å²) in [5, 5.41) is 3.44. The summed E-state index contributed by atoms with van der Waals surface area (Å²) in [4.78, 5) is 4.55. The Balaban J connectivity index is 2.31. The number of nitrogens with one attached hydrogen (secondary N) is 1. The molecule has 4 nitrogen and oxygen atoms in total. The standard InChI is InChI=1S/C14H25N3O/c1-4-17-11-10-16-13(17)12(15-3)14(18-5-2)8-6-7-9-14/h10-12,15H,4-9H2,1-3H3. The van der Waals surface area contributed by atoms with Gasteiger partial charge in [-0.05, 0) is 33.7 Å². The number of aryl methyl sites for hydroxylation is 1. The van der Waals surface area contributed by atoms with Gasteiger partial charge in [-0.25, -0.2) is 4.98 Å². The molecule has 1 unspecified atom stereocenters. The van der Waals surface area contributed by atoms with Crippen LogP contribution in [-0.4, -0.2) is 28.8 Å². The maximum Gasteiger partial charge on any atom is 0.128 e. The van der Waals surface area contributed by atoms with E-state index in [0.29, 0.717) is 0 Å². The summed E-state index contributed by atoms with van der Waals surface area (Å²) in [7, 11) is 2.01. The van der Waals surface area contributed by atoms with Gasteiger partial charge in [0, 0.05) is 25.5 Å². The number of likely N-dealkylation sites (N-methyl/N-ethyl adjacent to an activating group) is 1. The van der Waals surface area contributed by atoms with Crippen molar-refractivity contribution in [3.8, 4) is 0 Å². The van der Waals surface area contributed by atoms with E-state index in [9.17, 15) is 0 Å². The van der Waals surface area contributed by atoms with Gasteiger partial charge >= 0.3 is 0 Å². The lowest BCUT2D eigenvalue weighted by Crippen LogP contribution is -2.44. The molecule has 0 radical (unpaired) electrons. The molecule has 1 aliphatic rings. The average molecular weight is 251 g/mol. The monoisotopic (exact) mass is 251 g/mol. The van der Waals surface area contributed by atoms with Crippen molar-refractivity contribution in [2.75, 3.05) is 13.7 Å². The molecule has 0 aromatic carbocycles. The van der Waals surface area contributed by atoms with Crippen LogP contribution in [0.1, 0.15) is 51.4 Å². The highest BCUT2D eigenvalue weighted by Gasteiger charge is 2.44. The second-order valence-corrected chi connectivity index (χ2v) is 5.00. The number of imidazole rings is 1. The molecular weight excluding hydrogens is 226 g/mol. The zero-order valence-corrected chi connectivity index (χ0v) is 11.8. The van der Waals surface area contributed by atoms with Gasteiger partial charge in [0.15, 0.2) is 0 Å². The van der Waals surface area contributed by atoms with E-state index in [4.69, 9.17) is 4.74 Å². The highest BCUT2D eigenvalue weighted by Crippen LogP contribution is 2.42. The van der Waals surface area contributed by atoms with Crippen molar-refractivity contribution < 1.29 is 4.74 Å². The summed E-state index contributed by atoms with van der Waals surface area (Å²) in [6.07, 6.45) is 8.70. The summed E-state index contributed by atoms with van der Waals surface area (Å²) < 4.78 is 8.36. The van der Waals surface area contributed by atoms with Gasteiger partial charge in [-0.1, -0.05) is 12.8 Å². The van der Waals surface area contributed by atoms with Crippen LogP contribution < -0.4 is 5.32 Å². The molecule has 0 aliphatic heterocycles. The first kappa shape index (κ1) is 13.6. The van der Waals surface area contributed by atoms with Crippen LogP contribution in [-0.2, 0) is 11.3 Å². The number of ether oxygens (including phenoxy) is 1. The minimum atomic E-state index is -0.0677. The van der Waals surface area contributed by atoms with E-state index in [-0.39, 0.29) is 11.6 Å². The zero-order chi connectivity index (χ0) is 13.0. The fourth-order valence-corrected chi connectivity index (χ4v) is 3.25. The molecule has 102 valence electrons. The second kappa shape index (κ2) is 5.85. The summed E-state index contributed by atoms with van der Waals surface area (Å²) in [6.45, 7) is 5.96. The summed E-state index contributed by atoms with van der Waals surface area (Å²) >= 11 is 0. The molecule has 1 aliphatic carbocycles. The van der Waals surface area contributed by atoms with Gasteiger partial charge in [0.1, 0.15) is 5.82 Å². The smallest absolute Gasteiger partial charge is 0.128 e. The molecule has 1 aromatic heterocycles. The van der Waals surface area contributed by atoms with Crippen LogP contribution in [0.4, 0.5) is 0 Å². The number of rotatable bonds is 6. The first-order chi connectivity index (χ1) is 8.77. The summed E-state index contributed by atoms with van der Waals surface area (Å²) in [5.74, 6) is 1.11. The Morgan fingerprint density at radius 3 is 2.72 bits per heavy atom. The lowest BCUT2D eigenvalue weighted by Gasteiger charge is -2.37. The van der Waals surface area contributed by atoms with E-state index in [1.807, 2.05) is 19.4 Å². The van der Waals surface area contributed by atoms with Crippen LogP contribution in [0.15, 0.2) is 12.4 Å². The van der Waals surface area contributed by atoms with Gasteiger partial charge in [0.25, 0.3) is 0 Å². The molecule has 0 bridgehead atoms. The number of hydrogen-bond donors (Lipinski definition) is 1. The quantitative estimate of drug-likeness (QED) is 0.844. The van der Waals surface area contributed by atoms with Gasteiger partial charge in [-0.15, -0.1) is 0 Å². The third kappa shape index (κ3) is 2.31. The van der Waals surface area contributed by atoms with E-state index in [1.54, 1.807) is 0 Å². The normalized spacial score (nSPS) is 20.2. The van der Waals surface area contributed by atoms with Crippen LogP contribution in [0.25, 0.3) is 0 Å². The SMILES string of the molecule is CCOC1(C(NC)c2nccn2CC)CCCC1. The maximum absolute atomic E-state index is 6.15. The van der Waals surface area contributed by atoms with Crippen molar-refractivity contribution in [3.63, 3.8) is 0 Å². The Bertz CT molecular complexity index is 369. The Kier molecular flexibility index (Phi) is 4.40. The Labute approximate surface area is 110 Å². The van der Waals surface area contributed by atoms with Gasteiger partial charge < -0.3 is 14.6 Å². The second-order valence-electron chi connectivity index (χ2n) is 5.00. The molecule has 0 saturated heterocycles. The molecule has 1 heterocycles. The molecule has 2 rings (SSSR count). The van der Waals surface area contributed by atoms with Crippen molar-refractivity contribution in [3.05, 3.63) is 18.2 Å². The third-order valence-corrected chi connectivity index (χ3v) is 4.04. The molecule has 1 N–H and O–H groups in total. The van der Waals surface area contributed by atoms with Crippen molar-refractivity contribution in [2.24, 2.45) is 0 Å². The molecule has 18 heavy (non-hydrogen) atoms. The Hall–Kier alpha value is -0.870. The molecule has 0 spiro atoms. The fraction of sp³-hybridized carbons (Fsp3) is 0.786. The minimum Gasteiger partial charge on any atom is -0.373 e. The van der Waals surface area contributed by atoms with Crippen LogP contribution >= 0.6 is 0 Å². The van der Waals surface area contributed by atoms with Crippen molar-refractivity contribution in [1.82, 2.24) is 14.9 Å². The van der Waals surface area contributed by atoms with Gasteiger partial charge in [0.2, 0.25) is 0 Å². The molecule has 4 heteroatoms. The Morgan fingerprint density at radius 2 is 2.17 bits per heavy atom. The Morgan fingerprint density at radius 1 is 1.44 bits per heavy atom. The van der Waals surface area contributed by atoms with Crippen molar-refractivity contribution >= 4 is 0 Å². The van der Waals surface area contributed by atoms with Gasteiger partial charge in [0.05, 0.1) is 11.6 Å². The predicted octanol–water partition coefficient (Wildman–Crippen LogP) is 2.51. The van der Waals surface area contributed by atoms with Crippen LogP contribution in [0, 0.1) is 0 Å². The van der Waals surface area contributed by atoms with Gasteiger partial charge in [-0.2, -0.15) is 0 Å². The summed E-state index contributed by atoms with van der Waals surface area (Å²) in [6, 6.07) is 0.190. The van der Waals surface area contributed by atoms with Gasteiger partial charge in [-0.3, -0.25) is 0 Å². The molecule has 0 amide bonds. The highest BCUT2D eigenvalue weighted by atomic mass is 16.5. The van der Waals surface area contributed by atoms with E-state index in [0.717, 1.165) is 31.8 Å². The van der Waals surface area contributed by atoms with Crippen LogP contribution in [0.5, 0.6) is 0 Å². The maximum atomic E-state index is 6.15. The topological polar surface area (TPSA) is 39.1 Å². The molecule has 1 fully saturated rings. The molecule has 1 atom stereocenters. The minimum absolute atomic E-state index is 0.0677. The predicted molar refractivity (Wildman–Crippen MR) is 72.5 cm³/mol. The molecule has 1 saturated carbocycles. The molecule has 1 aromatic rings. The zero-order valence-electron chi connectivity index (χ0n) is 11.8. The van der Waals surface area contributed by atoms with Crippen molar-refractivity contribution in [1.29, 1.82) is 0 Å².